The van der Waals surface area contributed by atoms with E-state index < -0.39 is 4.92 Å². The van der Waals surface area contributed by atoms with Crippen LogP contribution in [0.2, 0.25) is 0 Å². The van der Waals surface area contributed by atoms with Crippen LogP contribution in [0, 0.1) is 10.1 Å². The van der Waals surface area contributed by atoms with Crippen molar-refractivity contribution in [3.05, 3.63) is 99.1 Å². The van der Waals surface area contributed by atoms with Crippen molar-refractivity contribution < 1.29 is 10.0 Å². The lowest BCUT2D eigenvalue weighted by Crippen LogP contribution is -1.97. The Kier molecular flexibility index (Phi) is 6.39. The Hall–Kier alpha value is -3.47. The molecule has 0 aliphatic carbocycles. The Bertz CT molecular complexity index is 1030. The second-order valence-corrected chi connectivity index (χ2v) is 7.10. The maximum atomic E-state index is 11.4. The fraction of sp³-hybridized carbons (Fsp3) is 0.208. The van der Waals surface area contributed by atoms with E-state index >= 15 is 0 Å². The van der Waals surface area contributed by atoms with Gasteiger partial charge in [0.1, 0.15) is 0 Å². The minimum Gasteiger partial charge on any atom is -0.502 e. The Morgan fingerprint density at radius 1 is 1.07 bits per heavy atom. The summed E-state index contributed by atoms with van der Waals surface area (Å²) in [5.41, 5.74) is 3.73. The molecule has 0 spiro atoms. The number of aliphatic imine (C=N–C) groups is 1. The minimum absolute atomic E-state index is 0.310. The molecule has 5 heteroatoms. The van der Waals surface area contributed by atoms with Crippen molar-refractivity contribution in [1.29, 1.82) is 0 Å². The molecule has 0 radical (unpaired) electrons. The molecule has 0 unspecified atom stereocenters. The first-order valence-corrected chi connectivity index (χ1v) is 9.66. The molecule has 0 saturated heterocycles. The highest BCUT2D eigenvalue weighted by Crippen LogP contribution is 2.33. The van der Waals surface area contributed by atoms with Crippen molar-refractivity contribution in [2.24, 2.45) is 4.99 Å². The number of rotatable bonds is 7. The van der Waals surface area contributed by atoms with Crippen LogP contribution in [0.5, 0.6) is 5.75 Å². The normalized spacial score (nSPS) is 12.2. The number of hydrogen-bond donors (Lipinski definition) is 1. The van der Waals surface area contributed by atoms with Crippen LogP contribution in [-0.2, 0) is 6.42 Å². The molecule has 0 bridgehead atoms. The number of aromatic hydroxyl groups is 1. The molecule has 1 N–H and O–H groups in total. The number of hydrogen-bond acceptors (Lipinski definition) is 4. The predicted octanol–water partition coefficient (Wildman–Crippen LogP) is 6.16. The van der Waals surface area contributed by atoms with Crippen LogP contribution in [0.1, 0.15) is 48.4 Å². The van der Waals surface area contributed by atoms with Crippen LogP contribution < -0.4 is 0 Å². The van der Waals surface area contributed by atoms with E-state index in [-0.39, 0.29) is 11.4 Å². The second-order valence-electron chi connectivity index (χ2n) is 7.10. The monoisotopic (exact) mass is 388 g/mol. The summed E-state index contributed by atoms with van der Waals surface area (Å²) in [5.74, 6) is -0.0210. The van der Waals surface area contributed by atoms with E-state index in [4.69, 9.17) is 0 Å². The average Bonchev–Trinajstić information content (AvgIpc) is 2.74. The number of nitro groups is 1. The van der Waals surface area contributed by atoms with Gasteiger partial charge in [0, 0.05) is 17.8 Å². The van der Waals surface area contributed by atoms with Crippen LogP contribution in [0.4, 0.5) is 11.4 Å². The van der Waals surface area contributed by atoms with Crippen LogP contribution in [-0.4, -0.2) is 16.2 Å². The summed E-state index contributed by atoms with van der Waals surface area (Å²) in [6.07, 6.45) is 3.03. The molecule has 1 atom stereocenters. The standard InChI is InChI=1S/C24H24N2O3/c1-3-17(2)21-11-7-8-12-22(21)25-16-20-14-19(13-18-9-5-4-6-10-18)15-23(24(20)27)26(28)29/h4-12,14-17,27H,3,13H2,1-2H3/t17-/m1/s1. The molecule has 148 valence electrons. The second kappa shape index (κ2) is 9.15. The van der Waals surface area contributed by atoms with E-state index in [9.17, 15) is 15.2 Å². The molecule has 3 aromatic carbocycles. The molecule has 0 heterocycles. The van der Waals surface area contributed by atoms with Crippen LogP contribution in [0.15, 0.2) is 71.7 Å². The van der Waals surface area contributed by atoms with Gasteiger partial charge in [0.05, 0.1) is 10.6 Å². The largest absolute Gasteiger partial charge is 0.502 e. The Balaban J connectivity index is 2.00. The molecule has 3 rings (SSSR count). The summed E-state index contributed by atoms with van der Waals surface area (Å²) in [5, 5.41) is 21.9. The van der Waals surface area contributed by atoms with Gasteiger partial charge in [-0.3, -0.25) is 15.1 Å². The number of phenols is 1. The van der Waals surface area contributed by atoms with Gasteiger partial charge in [-0.1, -0.05) is 62.4 Å². The highest BCUT2D eigenvalue weighted by atomic mass is 16.6. The van der Waals surface area contributed by atoms with Crippen LogP contribution >= 0.6 is 0 Å². The summed E-state index contributed by atoms with van der Waals surface area (Å²) in [6.45, 7) is 4.25. The summed E-state index contributed by atoms with van der Waals surface area (Å²) >= 11 is 0. The van der Waals surface area contributed by atoms with Gasteiger partial charge in [-0.2, -0.15) is 0 Å². The summed E-state index contributed by atoms with van der Waals surface area (Å²) in [4.78, 5) is 15.4. The third-order valence-electron chi connectivity index (χ3n) is 5.05. The van der Waals surface area contributed by atoms with Gasteiger partial charge in [0.2, 0.25) is 5.75 Å². The van der Waals surface area contributed by atoms with Gasteiger partial charge in [-0.05, 0) is 47.6 Å². The molecule has 0 aliphatic rings. The van der Waals surface area contributed by atoms with Crippen molar-refractivity contribution in [2.45, 2.75) is 32.6 Å². The molecular formula is C24H24N2O3. The first-order chi connectivity index (χ1) is 14.0. The quantitative estimate of drug-likeness (QED) is 0.299. The van der Waals surface area contributed by atoms with Gasteiger partial charge >= 0.3 is 5.69 Å². The van der Waals surface area contributed by atoms with Gasteiger partial charge in [0.15, 0.2) is 0 Å². The smallest absolute Gasteiger partial charge is 0.311 e. The van der Waals surface area contributed by atoms with Crippen molar-refractivity contribution in [3.8, 4) is 5.75 Å². The molecule has 0 aliphatic heterocycles. The van der Waals surface area contributed by atoms with E-state index in [2.05, 4.69) is 18.8 Å². The molecule has 0 fully saturated rings. The highest BCUT2D eigenvalue weighted by Gasteiger charge is 2.18. The van der Waals surface area contributed by atoms with E-state index in [1.165, 1.54) is 12.3 Å². The number of nitro benzene ring substituents is 1. The van der Waals surface area contributed by atoms with Gasteiger partial charge in [-0.15, -0.1) is 0 Å². The fourth-order valence-electron chi connectivity index (χ4n) is 3.25. The maximum Gasteiger partial charge on any atom is 0.311 e. The van der Waals surface area contributed by atoms with E-state index in [0.29, 0.717) is 17.9 Å². The van der Waals surface area contributed by atoms with E-state index in [0.717, 1.165) is 28.8 Å². The fourth-order valence-corrected chi connectivity index (χ4v) is 3.25. The van der Waals surface area contributed by atoms with Crippen molar-refractivity contribution in [2.75, 3.05) is 0 Å². The van der Waals surface area contributed by atoms with Crippen molar-refractivity contribution in [1.82, 2.24) is 0 Å². The zero-order valence-corrected chi connectivity index (χ0v) is 16.6. The van der Waals surface area contributed by atoms with Crippen molar-refractivity contribution in [3.63, 3.8) is 0 Å². The van der Waals surface area contributed by atoms with Gasteiger partial charge in [-0.25, -0.2) is 0 Å². The number of nitrogens with zero attached hydrogens (tertiary/aromatic N) is 2. The zero-order chi connectivity index (χ0) is 20.8. The van der Waals surface area contributed by atoms with Gasteiger partial charge < -0.3 is 5.11 Å². The average molecular weight is 388 g/mol. The predicted molar refractivity (Wildman–Crippen MR) is 116 cm³/mol. The Morgan fingerprint density at radius 3 is 2.45 bits per heavy atom. The molecule has 3 aromatic rings. The summed E-state index contributed by atoms with van der Waals surface area (Å²) in [7, 11) is 0. The number of phenolic OH excluding ortho intramolecular Hbond substituents is 1. The third kappa shape index (κ3) is 4.88. The topological polar surface area (TPSA) is 75.7 Å². The third-order valence-corrected chi connectivity index (χ3v) is 5.05. The highest BCUT2D eigenvalue weighted by molar-refractivity contribution is 5.88. The zero-order valence-electron chi connectivity index (χ0n) is 16.6. The lowest BCUT2D eigenvalue weighted by Gasteiger charge is -2.12. The molecule has 29 heavy (non-hydrogen) atoms. The SMILES string of the molecule is CC[C@@H](C)c1ccccc1N=Cc1cc(Cc2ccccc2)cc([N+](=O)[O-])c1O. The lowest BCUT2D eigenvalue weighted by molar-refractivity contribution is -0.385. The molecule has 0 aromatic heterocycles. The Labute approximate surface area is 170 Å². The first kappa shape index (κ1) is 20.3. The van der Waals surface area contributed by atoms with Crippen LogP contribution in [0.3, 0.4) is 0 Å². The molecule has 0 saturated carbocycles. The van der Waals surface area contributed by atoms with E-state index in [1.54, 1.807) is 6.07 Å². The first-order valence-electron chi connectivity index (χ1n) is 9.66. The lowest BCUT2D eigenvalue weighted by atomic mass is 9.97. The number of benzene rings is 3. The summed E-state index contributed by atoms with van der Waals surface area (Å²) < 4.78 is 0. The molecular weight excluding hydrogens is 364 g/mol. The summed E-state index contributed by atoms with van der Waals surface area (Å²) in [6, 6.07) is 20.7. The van der Waals surface area contributed by atoms with Crippen LogP contribution in [0.25, 0.3) is 0 Å². The van der Waals surface area contributed by atoms with Crippen molar-refractivity contribution >= 4 is 17.6 Å². The number of para-hydroxylation sites is 1. The minimum atomic E-state index is -0.561. The van der Waals surface area contributed by atoms with E-state index in [1.807, 2.05) is 54.6 Å². The maximum absolute atomic E-state index is 11.4. The van der Waals surface area contributed by atoms with Gasteiger partial charge in [0.25, 0.3) is 0 Å². The molecule has 5 nitrogen and oxygen atoms in total. The molecule has 0 amide bonds. The Morgan fingerprint density at radius 2 is 1.76 bits per heavy atom.